The van der Waals surface area contributed by atoms with Gasteiger partial charge in [-0.2, -0.15) is 4.68 Å². The lowest BCUT2D eigenvalue weighted by atomic mass is 10.1. The van der Waals surface area contributed by atoms with Gasteiger partial charge in [-0.05, 0) is 35.0 Å². The van der Waals surface area contributed by atoms with Crippen LogP contribution in [0.1, 0.15) is 55.8 Å². The highest BCUT2D eigenvalue weighted by Gasteiger charge is 2.09. The molecule has 23 heavy (non-hydrogen) atoms. The predicted octanol–water partition coefficient (Wildman–Crippen LogP) is 3.04. The molecule has 0 fully saturated rings. The number of aromatic nitrogens is 4. The molecule has 1 heterocycles. The first-order chi connectivity index (χ1) is 11.2. The maximum Gasteiger partial charge on any atom is 0.251 e. The van der Waals surface area contributed by atoms with Crippen LogP contribution >= 0.6 is 12.6 Å². The number of carbonyl (C=O) groups is 1. The van der Waals surface area contributed by atoms with Crippen LogP contribution in [-0.2, 0) is 0 Å². The maximum absolute atomic E-state index is 12.2. The minimum atomic E-state index is -0.0748. The molecule has 0 bridgehead atoms. The van der Waals surface area contributed by atoms with E-state index in [1.54, 1.807) is 12.1 Å². The van der Waals surface area contributed by atoms with Crippen molar-refractivity contribution in [2.45, 2.75) is 50.6 Å². The Morgan fingerprint density at radius 3 is 2.74 bits per heavy atom. The van der Waals surface area contributed by atoms with Gasteiger partial charge in [-0.1, -0.05) is 45.1 Å². The van der Waals surface area contributed by atoms with E-state index in [0.717, 1.165) is 12.8 Å². The molecular weight excluding hydrogens is 310 g/mol. The summed E-state index contributed by atoms with van der Waals surface area (Å²) >= 11 is 4.18. The average molecular weight is 333 g/mol. The van der Waals surface area contributed by atoms with Crippen molar-refractivity contribution < 1.29 is 4.79 Å². The van der Waals surface area contributed by atoms with Crippen LogP contribution in [0.3, 0.4) is 0 Å². The molecule has 0 saturated carbocycles. The van der Waals surface area contributed by atoms with Gasteiger partial charge < -0.3 is 5.32 Å². The van der Waals surface area contributed by atoms with Gasteiger partial charge in [0, 0.05) is 12.1 Å². The highest BCUT2D eigenvalue weighted by atomic mass is 32.1. The molecule has 0 aliphatic carbocycles. The van der Waals surface area contributed by atoms with Gasteiger partial charge in [-0.3, -0.25) is 4.79 Å². The topological polar surface area (TPSA) is 72.7 Å². The molecule has 0 radical (unpaired) electrons. The molecule has 1 aromatic heterocycles. The standard InChI is InChI=1S/C16H23N5OS/c1-2-3-4-5-6-7-11-17-15(22)13-9-8-10-14(12-13)21-16(23)18-19-20-21/h8-10,12H,2-7,11H2,1H3,(H,17,22)(H,18,20,23). The van der Waals surface area contributed by atoms with Crippen molar-refractivity contribution in [3.05, 3.63) is 29.8 Å². The lowest BCUT2D eigenvalue weighted by molar-refractivity contribution is 0.0953. The summed E-state index contributed by atoms with van der Waals surface area (Å²) in [6.45, 7) is 2.91. The van der Waals surface area contributed by atoms with Crippen LogP contribution in [0.25, 0.3) is 5.69 Å². The average Bonchev–Trinajstić information content (AvgIpc) is 3.00. The Bertz CT molecular complexity index is 628. The highest BCUT2D eigenvalue weighted by Crippen LogP contribution is 2.12. The third-order valence-corrected chi connectivity index (χ3v) is 3.90. The fraction of sp³-hybridized carbons (Fsp3) is 0.500. The first-order valence-corrected chi connectivity index (χ1v) is 8.53. The number of unbranched alkanes of at least 4 members (excludes halogenated alkanes) is 5. The van der Waals surface area contributed by atoms with Crippen molar-refractivity contribution in [3.8, 4) is 5.69 Å². The Balaban J connectivity index is 1.82. The van der Waals surface area contributed by atoms with Gasteiger partial charge in [0.25, 0.3) is 5.91 Å². The van der Waals surface area contributed by atoms with Gasteiger partial charge in [0.05, 0.1) is 5.69 Å². The molecule has 7 heteroatoms. The number of carbonyl (C=O) groups excluding carboxylic acids is 1. The molecule has 0 unspecified atom stereocenters. The highest BCUT2D eigenvalue weighted by molar-refractivity contribution is 7.80. The number of amides is 1. The van der Waals surface area contributed by atoms with E-state index in [9.17, 15) is 4.79 Å². The number of hydrogen-bond acceptors (Lipinski definition) is 5. The number of nitrogens with zero attached hydrogens (tertiary/aromatic N) is 4. The Kier molecular flexibility index (Phi) is 7.06. The van der Waals surface area contributed by atoms with E-state index in [-0.39, 0.29) is 5.91 Å². The van der Waals surface area contributed by atoms with Crippen LogP contribution in [0.15, 0.2) is 29.4 Å². The summed E-state index contributed by atoms with van der Waals surface area (Å²) in [5, 5.41) is 14.5. The van der Waals surface area contributed by atoms with E-state index in [4.69, 9.17) is 0 Å². The van der Waals surface area contributed by atoms with Gasteiger partial charge >= 0.3 is 0 Å². The van der Waals surface area contributed by atoms with Crippen molar-refractivity contribution in [1.29, 1.82) is 0 Å². The zero-order valence-corrected chi connectivity index (χ0v) is 14.3. The van der Waals surface area contributed by atoms with Gasteiger partial charge in [0.2, 0.25) is 5.16 Å². The zero-order valence-electron chi connectivity index (χ0n) is 13.4. The third-order valence-electron chi connectivity index (χ3n) is 3.62. The maximum atomic E-state index is 12.2. The molecule has 0 saturated heterocycles. The van der Waals surface area contributed by atoms with Crippen molar-refractivity contribution >= 4 is 18.5 Å². The second kappa shape index (κ2) is 9.29. The van der Waals surface area contributed by atoms with Gasteiger partial charge in [0.15, 0.2) is 0 Å². The minimum Gasteiger partial charge on any atom is -0.352 e. The molecule has 0 aliphatic heterocycles. The van der Waals surface area contributed by atoms with E-state index >= 15 is 0 Å². The first-order valence-electron chi connectivity index (χ1n) is 8.08. The molecular formula is C16H23N5OS. The summed E-state index contributed by atoms with van der Waals surface area (Å²) < 4.78 is 1.48. The number of benzene rings is 1. The van der Waals surface area contributed by atoms with Crippen molar-refractivity contribution in [1.82, 2.24) is 25.5 Å². The van der Waals surface area contributed by atoms with E-state index in [2.05, 4.69) is 40.4 Å². The lowest BCUT2D eigenvalue weighted by Crippen LogP contribution is -2.24. The van der Waals surface area contributed by atoms with Crippen LogP contribution in [-0.4, -0.2) is 32.7 Å². The molecule has 0 spiro atoms. The molecule has 1 aromatic carbocycles. The third kappa shape index (κ3) is 5.35. The lowest BCUT2D eigenvalue weighted by Gasteiger charge is -2.07. The van der Waals surface area contributed by atoms with Crippen molar-refractivity contribution in [3.63, 3.8) is 0 Å². The Labute approximate surface area is 142 Å². The summed E-state index contributed by atoms with van der Waals surface area (Å²) in [6, 6.07) is 7.18. The minimum absolute atomic E-state index is 0.0748. The number of hydrogen-bond donors (Lipinski definition) is 2. The summed E-state index contributed by atoms with van der Waals surface area (Å²) in [4.78, 5) is 12.2. The van der Waals surface area contributed by atoms with E-state index in [1.807, 2.05) is 12.1 Å². The first kappa shape index (κ1) is 17.5. The molecule has 0 atom stereocenters. The van der Waals surface area contributed by atoms with Crippen LogP contribution < -0.4 is 5.32 Å². The van der Waals surface area contributed by atoms with Crippen molar-refractivity contribution in [2.75, 3.05) is 6.54 Å². The number of rotatable bonds is 9. The van der Waals surface area contributed by atoms with Gasteiger partial charge in [-0.15, -0.1) is 17.7 Å². The zero-order chi connectivity index (χ0) is 16.5. The number of tetrazole rings is 1. The molecule has 0 aliphatic rings. The second-order valence-corrected chi connectivity index (χ2v) is 5.86. The monoisotopic (exact) mass is 333 g/mol. The van der Waals surface area contributed by atoms with Gasteiger partial charge in [-0.25, -0.2) is 0 Å². The summed E-state index contributed by atoms with van der Waals surface area (Å²) in [7, 11) is 0. The molecule has 2 aromatic rings. The van der Waals surface area contributed by atoms with E-state index in [1.165, 1.54) is 30.4 Å². The summed E-state index contributed by atoms with van der Waals surface area (Å²) in [5.74, 6) is -0.0748. The SMILES string of the molecule is CCCCCCCCNC(=O)c1cccc(-n2nnnc2S)c1. The van der Waals surface area contributed by atoms with E-state index < -0.39 is 0 Å². The fourth-order valence-corrected chi connectivity index (χ4v) is 2.53. The fourth-order valence-electron chi connectivity index (χ4n) is 2.34. The van der Waals surface area contributed by atoms with Crippen molar-refractivity contribution in [2.24, 2.45) is 0 Å². The molecule has 2 rings (SSSR count). The number of nitrogens with one attached hydrogen (secondary N) is 1. The van der Waals surface area contributed by atoms with Crippen LogP contribution in [0.5, 0.6) is 0 Å². The summed E-state index contributed by atoms with van der Waals surface area (Å²) in [5.41, 5.74) is 1.31. The van der Waals surface area contributed by atoms with Gasteiger partial charge in [0.1, 0.15) is 0 Å². The Morgan fingerprint density at radius 1 is 1.22 bits per heavy atom. The Hall–Kier alpha value is -1.89. The smallest absolute Gasteiger partial charge is 0.251 e. The van der Waals surface area contributed by atoms with Crippen LogP contribution in [0, 0.1) is 0 Å². The molecule has 124 valence electrons. The quantitative estimate of drug-likeness (QED) is 0.546. The van der Waals surface area contributed by atoms with Crippen LogP contribution in [0.4, 0.5) is 0 Å². The van der Waals surface area contributed by atoms with Crippen LogP contribution in [0.2, 0.25) is 0 Å². The summed E-state index contributed by atoms with van der Waals surface area (Å²) in [6.07, 6.45) is 7.25. The largest absolute Gasteiger partial charge is 0.352 e. The number of thiol groups is 1. The molecule has 1 amide bonds. The predicted molar refractivity (Wildman–Crippen MR) is 92.1 cm³/mol. The molecule has 6 nitrogen and oxygen atoms in total. The second-order valence-electron chi connectivity index (χ2n) is 5.46. The normalized spacial score (nSPS) is 10.7. The Morgan fingerprint density at radius 2 is 2.00 bits per heavy atom. The van der Waals surface area contributed by atoms with E-state index in [0.29, 0.717) is 23.0 Å². The molecule has 1 N–H and O–H groups in total.